The summed E-state index contributed by atoms with van der Waals surface area (Å²) >= 11 is 0. The first-order valence-electron chi connectivity index (χ1n) is 12.0. The van der Waals surface area contributed by atoms with E-state index in [1.54, 1.807) is 0 Å². The van der Waals surface area contributed by atoms with Crippen LogP contribution in [0.5, 0.6) is 0 Å². The fraction of sp³-hybridized carbons (Fsp3) is 0.500. The summed E-state index contributed by atoms with van der Waals surface area (Å²) in [5, 5.41) is 3.04. The molecule has 1 saturated heterocycles. The first-order chi connectivity index (χ1) is 15.5. The van der Waals surface area contributed by atoms with E-state index in [1.165, 1.54) is 37.1 Å². The van der Waals surface area contributed by atoms with Crippen molar-refractivity contribution in [2.24, 2.45) is 0 Å². The van der Waals surface area contributed by atoms with Gasteiger partial charge < -0.3 is 14.8 Å². The van der Waals surface area contributed by atoms with Crippen LogP contribution in [0.25, 0.3) is 11.2 Å². The molecule has 3 aromatic rings. The van der Waals surface area contributed by atoms with E-state index in [4.69, 9.17) is 9.97 Å². The Labute approximate surface area is 191 Å². The van der Waals surface area contributed by atoms with Gasteiger partial charge in [0.15, 0.2) is 5.65 Å². The van der Waals surface area contributed by atoms with E-state index < -0.39 is 0 Å². The largest absolute Gasteiger partial charge is 0.326 e. The fourth-order valence-corrected chi connectivity index (χ4v) is 4.61. The standard InChI is InChI=1S/C26H35N5O/c1-4-23-29-25-19(2)17-20(3)27-26(25)31(23)18-21-10-12-22(13-11-21)28-24(32)9-5-6-14-30-15-7-8-16-30/h10-13,17H,4-9,14-16,18H2,1-3H3,(H,28,32). The van der Waals surface area contributed by atoms with Gasteiger partial charge in [-0.1, -0.05) is 19.1 Å². The topological polar surface area (TPSA) is 63.1 Å². The lowest BCUT2D eigenvalue weighted by Crippen LogP contribution is -2.20. The van der Waals surface area contributed by atoms with E-state index in [1.807, 2.05) is 19.1 Å². The molecule has 1 aliphatic heterocycles. The quantitative estimate of drug-likeness (QED) is 0.489. The number of amides is 1. The third-order valence-electron chi connectivity index (χ3n) is 6.32. The van der Waals surface area contributed by atoms with Crippen LogP contribution in [0.1, 0.15) is 61.7 Å². The number of benzene rings is 1. The van der Waals surface area contributed by atoms with Crippen molar-refractivity contribution in [2.75, 3.05) is 25.0 Å². The third-order valence-corrected chi connectivity index (χ3v) is 6.32. The van der Waals surface area contributed by atoms with E-state index in [-0.39, 0.29) is 5.91 Å². The monoisotopic (exact) mass is 433 g/mol. The summed E-state index contributed by atoms with van der Waals surface area (Å²) in [6, 6.07) is 10.2. The number of imidazole rings is 1. The molecule has 0 aliphatic carbocycles. The van der Waals surface area contributed by atoms with Crippen LogP contribution in [0.3, 0.4) is 0 Å². The van der Waals surface area contributed by atoms with Gasteiger partial charge in [-0.3, -0.25) is 4.79 Å². The second-order valence-electron chi connectivity index (χ2n) is 8.97. The number of carbonyl (C=O) groups excluding carboxylic acids is 1. The van der Waals surface area contributed by atoms with Crippen LogP contribution >= 0.6 is 0 Å². The number of anilines is 1. The van der Waals surface area contributed by atoms with Gasteiger partial charge in [0.2, 0.25) is 5.91 Å². The van der Waals surface area contributed by atoms with Gasteiger partial charge in [-0.2, -0.15) is 0 Å². The van der Waals surface area contributed by atoms with Crippen molar-refractivity contribution >= 4 is 22.8 Å². The van der Waals surface area contributed by atoms with Crippen LogP contribution in [0.2, 0.25) is 0 Å². The lowest BCUT2D eigenvalue weighted by molar-refractivity contribution is -0.116. The highest BCUT2D eigenvalue weighted by molar-refractivity contribution is 5.90. The first kappa shape index (κ1) is 22.5. The van der Waals surface area contributed by atoms with Gasteiger partial charge in [0.05, 0.1) is 6.54 Å². The number of unbranched alkanes of at least 4 members (excludes halogenated alkanes) is 1. The smallest absolute Gasteiger partial charge is 0.224 e. The number of nitrogens with zero attached hydrogens (tertiary/aromatic N) is 4. The van der Waals surface area contributed by atoms with Gasteiger partial charge in [0.1, 0.15) is 11.3 Å². The van der Waals surface area contributed by atoms with Crippen molar-refractivity contribution in [3.8, 4) is 0 Å². The maximum absolute atomic E-state index is 12.3. The maximum atomic E-state index is 12.3. The lowest BCUT2D eigenvalue weighted by Gasteiger charge is -2.13. The highest BCUT2D eigenvalue weighted by Gasteiger charge is 2.14. The van der Waals surface area contributed by atoms with Crippen LogP contribution in [0.15, 0.2) is 30.3 Å². The predicted octanol–water partition coefficient (Wildman–Crippen LogP) is 4.86. The normalized spacial score (nSPS) is 14.3. The Balaban J connectivity index is 1.34. The molecule has 32 heavy (non-hydrogen) atoms. The van der Waals surface area contributed by atoms with Crippen molar-refractivity contribution in [1.82, 2.24) is 19.4 Å². The van der Waals surface area contributed by atoms with Crippen molar-refractivity contribution in [3.63, 3.8) is 0 Å². The zero-order valence-corrected chi connectivity index (χ0v) is 19.7. The van der Waals surface area contributed by atoms with Crippen molar-refractivity contribution < 1.29 is 4.79 Å². The molecule has 3 heterocycles. The summed E-state index contributed by atoms with van der Waals surface area (Å²) in [6.45, 7) is 10.5. The van der Waals surface area contributed by atoms with Crippen LogP contribution in [-0.4, -0.2) is 45.0 Å². The number of aryl methyl sites for hydroxylation is 3. The highest BCUT2D eigenvalue weighted by atomic mass is 16.1. The number of hydrogen-bond donors (Lipinski definition) is 1. The Kier molecular flexibility index (Phi) is 7.20. The molecular formula is C26H35N5O. The molecule has 1 aliphatic rings. The molecule has 0 radical (unpaired) electrons. The third kappa shape index (κ3) is 5.36. The Hall–Kier alpha value is -2.73. The Morgan fingerprint density at radius 2 is 1.81 bits per heavy atom. The number of aromatic nitrogens is 3. The van der Waals surface area contributed by atoms with Crippen molar-refractivity contribution in [1.29, 1.82) is 0 Å². The number of likely N-dealkylation sites (tertiary alicyclic amines) is 1. The minimum absolute atomic E-state index is 0.100. The average Bonchev–Trinajstić information content (AvgIpc) is 3.41. The molecule has 0 atom stereocenters. The second kappa shape index (κ2) is 10.3. The molecule has 0 bridgehead atoms. The Morgan fingerprint density at radius 3 is 2.53 bits per heavy atom. The van der Waals surface area contributed by atoms with E-state index in [0.29, 0.717) is 6.42 Å². The average molecular weight is 434 g/mol. The molecule has 1 fully saturated rings. The maximum Gasteiger partial charge on any atom is 0.224 e. The number of hydrogen-bond acceptors (Lipinski definition) is 4. The molecule has 4 rings (SSSR count). The van der Waals surface area contributed by atoms with Gasteiger partial charge in [-0.15, -0.1) is 0 Å². The molecule has 0 unspecified atom stereocenters. The number of rotatable bonds is 9. The van der Waals surface area contributed by atoms with Gasteiger partial charge in [0, 0.05) is 24.2 Å². The molecule has 2 aromatic heterocycles. The molecule has 0 spiro atoms. The van der Waals surface area contributed by atoms with Crippen LogP contribution in [0.4, 0.5) is 5.69 Å². The van der Waals surface area contributed by atoms with Crippen LogP contribution in [-0.2, 0) is 17.8 Å². The molecule has 0 saturated carbocycles. The molecule has 1 amide bonds. The fourth-order valence-electron chi connectivity index (χ4n) is 4.61. The van der Waals surface area contributed by atoms with Crippen molar-refractivity contribution in [2.45, 2.75) is 65.8 Å². The minimum atomic E-state index is 0.100. The molecule has 6 nitrogen and oxygen atoms in total. The van der Waals surface area contributed by atoms with E-state index in [9.17, 15) is 4.79 Å². The molecular weight excluding hydrogens is 398 g/mol. The number of carbonyl (C=O) groups is 1. The van der Waals surface area contributed by atoms with Gasteiger partial charge >= 0.3 is 0 Å². The number of fused-ring (bicyclic) bond motifs is 1. The lowest BCUT2D eigenvalue weighted by atomic mass is 10.2. The highest BCUT2D eigenvalue weighted by Crippen LogP contribution is 2.21. The van der Waals surface area contributed by atoms with E-state index in [2.05, 4.69) is 46.8 Å². The van der Waals surface area contributed by atoms with E-state index in [0.717, 1.165) is 60.7 Å². The van der Waals surface area contributed by atoms with E-state index >= 15 is 0 Å². The summed E-state index contributed by atoms with van der Waals surface area (Å²) in [5.74, 6) is 1.15. The predicted molar refractivity (Wildman–Crippen MR) is 130 cm³/mol. The second-order valence-corrected chi connectivity index (χ2v) is 8.97. The molecule has 6 heteroatoms. The molecule has 1 N–H and O–H groups in total. The summed E-state index contributed by atoms with van der Waals surface area (Å²) in [7, 11) is 0. The number of pyridine rings is 1. The SMILES string of the molecule is CCc1nc2c(C)cc(C)nc2n1Cc1ccc(NC(=O)CCCCN2CCCC2)cc1. The Bertz CT molecular complexity index is 1060. The summed E-state index contributed by atoms with van der Waals surface area (Å²) in [4.78, 5) is 24.4. The minimum Gasteiger partial charge on any atom is -0.326 e. The summed E-state index contributed by atoms with van der Waals surface area (Å²) < 4.78 is 2.21. The van der Waals surface area contributed by atoms with Crippen molar-refractivity contribution in [3.05, 3.63) is 53.0 Å². The zero-order valence-electron chi connectivity index (χ0n) is 19.7. The Morgan fingerprint density at radius 1 is 1.06 bits per heavy atom. The first-order valence-corrected chi connectivity index (χ1v) is 12.0. The van der Waals surface area contributed by atoms with Crippen LogP contribution < -0.4 is 5.32 Å². The van der Waals surface area contributed by atoms with Gasteiger partial charge in [-0.05, 0) is 88.5 Å². The molecule has 170 valence electrons. The number of nitrogens with one attached hydrogen (secondary N) is 1. The summed E-state index contributed by atoms with van der Waals surface area (Å²) in [5.41, 5.74) is 6.14. The molecule has 1 aromatic carbocycles. The van der Waals surface area contributed by atoms with Gasteiger partial charge in [0.25, 0.3) is 0 Å². The van der Waals surface area contributed by atoms with Gasteiger partial charge in [-0.25, -0.2) is 9.97 Å². The zero-order chi connectivity index (χ0) is 22.5. The summed E-state index contributed by atoms with van der Waals surface area (Å²) in [6.07, 6.45) is 6.13. The van der Waals surface area contributed by atoms with Crippen LogP contribution in [0, 0.1) is 13.8 Å².